The maximum absolute atomic E-state index is 13.2. The van der Waals surface area contributed by atoms with Gasteiger partial charge in [-0.15, -0.1) is 0 Å². The van der Waals surface area contributed by atoms with Crippen molar-refractivity contribution in [2.45, 2.75) is 26.5 Å². The summed E-state index contributed by atoms with van der Waals surface area (Å²) in [5.74, 6) is -0.766. The highest BCUT2D eigenvalue weighted by atomic mass is 16.5. The van der Waals surface area contributed by atoms with Crippen molar-refractivity contribution < 1.29 is 19.4 Å². The maximum Gasteiger partial charge on any atom is 0.295 e. The Morgan fingerprint density at radius 3 is 2.31 bits per heavy atom. The van der Waals surface area contributed by atoms with E-state index in [-0.39, 0.29) is 11.3 Å². The fourth-order valence-corrected chi connectivity index (χ4v) is 4.39. The number of carbonyl (C=O) groups is 2. The number of Topliss-reactive ketones (excluding diaryl/α,β-unsaturated/α-hetero) is 1. The number of ketones is 1. The van der Waals surface area contributed by atoms with Crippen molar-refractivity contribution in [3.05, 3.63) is 106 Å². The van der Waals surface area contributed by atoms with E-state index in [2.05, 4.69) is 0 Å². The Morgan fingerprint density at radius 2 is 1.67 bits per heavy atom. The van der Waals surface area contributed by atoms with E-state index in [4.69, 9.17) is 4.74 Å². The Labute approximate surface area is 212 Å². The molecule has 0 bridgehead atoms. The Hall–Kier alpha value is -3.90. The molecule has 1 aliphatic heterocycles. The number of aryl methyl sites for hydroxylation is 2. The minimum atomic E-state index is -0.666. The van der Waals surface area contributed by atoms with Gasteiger partial charge in [0.25, 0.3) is 11.7 Å². The molecule has 6 nitrogen and oxygen atoms in total. The number of nitrogens with zero attached hydrogens (tertiary/aromatic N) is 2. The second-order valence-electron chi connectivity index (χ2n) is 9.46. The molecule has 0 aromatic heterocycles. The fourth-order valence-electron chi connectivity index (χ4n) is 4.39. The van der Waals surface area contributed by atoms with Crippen LogP contribution >= 0.6 is 0 Å². The first-order valence-electron chi connectivity index (χ1n) is 12.0. The molecule has 0 unspecified atom stereocenters. The van der Waals surface area contributed by atoms with Crippen LogP contribution in [0, 0.1) is 13.8 Å². The van der Waals surface area contributed by atoms with E-state index < -0.39 is 17.7 Å². The molecule has 1 amide bonds. The highest BCUT2D eigenvalue weighted by Crippen LogP contribution is 2.40. The van der Waals surface area contributed by atoms with Gasteiger partial charge in [-0.1, -0.05) is 60.2 Å². The van der Waals surface area contributed by atoms with Crippen LogP contribution in [0.4, 0.5) is 0 Å². The average Bonchev–Trinajstić information content (AvgIpc) is 3.12. The van der Waals surface area contributed by atoms with Crippen LogP contribution < -0.4 is 4.74 Å². The lowest BCUT2D eigenvalue weighted by molar-refractivity contribution is -0.140. The number of rotatable bonds is 8. The molecular weight excluding hydrogens is 452 g/mol. The Kier molecular flexibility index (Phi) is 7.55. The van der Waals surface area contributed by atoms with Crippen LogP contribution in [0.5, 0.6) is 5.75 Å². The van der Waals surface area contributed by atoms with Crippen LogP contribution in [0.1, 0.15) is 33.9 Å². The van der Waals surface area contributed by atoms with Crippen LogP contribution in [-0.2, 0) is 16.2 Å². The summed E-state index contributed by atoms with van der Waals surface area (Å²) in [7, 11) is 3.84. The lowest BCUT2D eigenvalue weighted by Gasteiger charge is -2.26. The highest BCUT2D eigenvalue weighted by molar-refractivity contribution is 6.46. The van der Waals surface area contributed by atoms with Gasteiger partial charge in [0, 0.05) is 18.7 Å². The van der Waals surface area contributed by atoms with Crippen molar-refractivity contribution in [1.82, 2.24) is 9.80 Å². The van der Waals surface area contributed by atoms with E-state index in [1.807, 2.05) is 93.5 Å². The Balaban J connectivity index is 1.70. The Bertz CT molecular complexity index is 1280. The zero-order valence-electron chi connectivity index (χ0n) is 21.2. The largest absolute Gasteiger partial charge is 0.507 e. The zero-order chi connectivity index (χ0) is 25.8. The fraction of sp³-hybridized carbons (Fsp3) is 0.267. The molecule has 1 fully saturated rings. The molecule has 4 rings (SSSR count). The number of benzene rings is 3. The van der Waals surface area contributed by atoms with Gasteiger partial charge < -0.3 is 19.6 Å². The first-order chi connectivity index (χ1) is 17.3. The summed E-state index contributed by atoms with van der Waals surface area (Å²) in [6, 6.07) is 22.3. The van der Waals surface area contributed by atoms with E-state index in [9.17, 15) is 14.7 Å². The van der Waals surface area contributed by atoms with Gasteiger partial charge in [0.1, 0.15) is 18.1 Å². The van der Waals surface area contributed by atoms with Crippen molar-refractivity contribution >= 4 is 17.4 Å². The van der Waals surface area contributed by atoms with E-state index in [0.717, 1.165) is 22.3 Å². The topological polar surface area (TPSA) is 70.1 Å². The number of ether oxygens (including phenoxy) is 1. The van der Waals surface area contributed by atoms with E-state index in [1.54, 1.807) is 17.0 Å². The second kappa shape index (κ2) is 10.8. The molecule has 1 atom stereocenters. The minimum Gasteiger partial charge on any atom is -0.507 e. The molecule has 6 heteroatoms. The summed E-state index contributed by atoms with van der Waals surface area (Å²) in [5, 5.41) is 11.4. The number of hydrogen-bond acceptors (Lipinski definition) is 5. The summed E-state index contributed by atoms with van der Waals surface area (Å²) in [4.78, 5) is 29.8. The van der Waals surface area contributed by atoms with Gasteiger partial charge in [-0.05, 0) is 62.8 Å². The normalized spacial score (nSPS) is 17.1. The predicted molar refractivity (Wildman–Crippen MR) is 141 cm³/mol. The van der Waals surface area contributed by atoms with E-state index in [0.29, 0.717) is 31.0 Å². The van der Waals surface area contributed by atoms with Gasteiger partial charge in [0.15, 0.2) is 0 Å². The summed E-state index contributed by atoms with van der Waals surface area (Å²) in [5.41, 5.74) is 4.29. The van der Waals surface area contributed by atoms with Gasteiger partial charge in [-0.25, -0.2) is 0 Å². The highest BCUT2D eigenvalue weighted by Gasteiger charge is 2.46. The van der Waals surface area contributed by atoms with Gasteiger partial charge in [0.2, 0.25) is 0 Å². The molecule has 1 aliphatic rings. The third-order valence-corrected chi connectivity index (χ3v) is 6.42. The molecule has 186 valence electrons. The van der Waals surface area contributed by atoms with Crippen LogP contribution in [0.15, 0.2) is 78.4 Å². The lowest BCUT2D eigenvalue weighted by atomic mass is 9.93. The van der Waals surface area contributed by atoms with Crippen molar-refractivity contribution in [2.75, 3.05) is 27.2 Å². The number of carbonyl (C=O) groups excluding carboxylic acids is 2. The van der Waals surface area contributed by atoms with Crippen molar-refractivity contribution in [1.29, 1.82) is 0 Å². The van der Waals surface area contributed by atoms with Gasteiger partial charge in [-0.2, -0.15) is 0 Å². The monoisotopic (exact) mass is 484 g/mol. The number of likely N-dealkylation sites (tertiary alicyclic amines) is 1. The SMILES string of the molecule is Cc1ccc([C@H]2/C(=C(\O)c3ccc(OCc4ccccc4)cc3C)C(=O)C(=O)N2CCN(C)C)cc1. The van der Waals surface area contributed by atoms with Gasteiger partial charge in [-0.3, -0.25) is 9.59 Å². The summed E-state index contributed by atoms with van der Waals surface area (Å²) in [6.07, 6.45) is 0. The van der Waals surface area contributed by atoms with Gasteiger partial charge >= 0.3 is 0 Å². The molecule has 0 spiro atoms. The molecule has 0 aliphatic carbocycles. The van der Waals surface area contributed by atoms with Crippen molar-refractivity contribution in [3.8, 4) is 5.75 Å². The van der Waals surface area contributed by atoms with E-state index >= 15 is 0 Å². The molecule has 0 radical (unpaired) electrons. The molecule has 3 aromatic carbocycles. The van der Waals surface area contributed by atoms with Gasteiger partial charge in [0.05, 0.1) is 11.6 Å². The quantitative estimate of drug-likeness (QED) is 0.281. The lowest BCUT2D eigenvalue weighted by Crippen LogP contribution is -2.35. The third-order valence-electron chi connectivity index (χ3n) is 6.42. The predicted octanol–water partition coefficient (Wildman–Crippen LogP) is 4.87. The smallest absolute Gasteiger partial charge is 0.295 e. The molecule has 1 heterocycles. The van der Waals surface area contributed by atoms with Crippen LogP contribution in [0.25, 0.3) is 5.76 Å². The number of aliphatic hydroxyl groups excluding tert-OH is 1. The molecule has 1 N–H and O–H groups in total. The van der Waals surface area contributed by atoms with E-state index in [1.165, 1.54) is 0 Å². The van der Waals surface area contributed by atoms with Crippen molar-refractivity contribution in [2.24, 2.45) is 0 Å². The third kappa shape index (κ3) is 5.34. The Morgan fingerprint density at radius 1 is 0.972 bits per heavy atom. The maximum atomic E-state index is 13.2. The standard InChI is InChI=1S/C30H32N2O4/c1-20-10-12-23(13-11-20)27-26(29(34)30(35)32(27)17-16-31(3)4)28(33)25-15-14-24(18-21(25)2)36-19-22-8-6-5-7-9-22/h5-15,18,27,33H,16-17,19H2,1-4H3/b28-26+/t27-/m0/s1. The van der Waals surface area contributed by atoms with Crippen LogP contribution in [0.3, 0.4) is 0 Å². The average molecular weight is 485 g/mol. The molecular formula is C30H32N2O4. The zero-order valence-corrected chi connectivity index (χ0v) is 21.2. The van der Waals surface area contributed by atoms with Crippen molar-refractivity contribution in [3.63, 3.8) is 0 Å². The molecule has 0 saturated carbocycles. The summed E-state index contributed by atoms with van der Waals surface area (Å²) >= 11 is 0. The molecule has 36 heavy (non-hydrogen) atoms. The first kappa shape index (κ1) is 25.2. The first-order valence-corrected chi connectivity index (χ1v) is 12.0. The minimum absolute atomic E-state index is 0.115. The number of aliphatic hydroxyl groups is 1. The second-order valence-corrected chi connectivity index (χ2v) is 9.46. The number of amides is 1. The summed E-state index contributed by atoms with van der Waals surface area (Å²) < 4.78 is 5.91. The number of hydrogen-bond donors (Lipinski definition) is 1. The molecule has 3 aromatic rings. The van der Waals surface area contributed by atoms with Crippen LogP contribution in [-0.4, -0.2) is 53.8 Å². The molecule has 1 saturated heterocycles. The van der Waals surface area contributed by atoms with Crippen LogP contribution in [0.2, 0.25) is 0 Å². The summed E-state index contributed by atoms with van der Waals surface area (Å²) in [6.45, 7) is 5.24. The number of likely N-dealkylation sites (N-methyl/N-ethyl adjacent to an activating group) is 1.